The highest BCUT2D eigenvalue weighted by atomic mass is 79.9. The molecule has 0 bridgehead atoms. The molecule has 5 heteroatoms. The maximum absolute atomic E-state index is 5.97. The van der Waals surface area contributed by atoms with E-state index >= 15 is 0 Å². The Kier molecular flexibility index (Phi) is 5.63. The van der Waals surface area contributed by atoms with Crippen molar-refractivity contribution in [2.24, 2.45) is 0 Å². The summed E-state index contributed by atoms with van der Waals surface area (Å²) < 4.78 is 7.16. The van der Waals surface area contributed by atoms with Gasteiger partial charge in [0.1, 0.15) is 0 Å². The predicted octanol–water partition coefficient (Wildman–Crippen LogP) is 2.88. The summed E-state index contributed by atoms with van der Waals surface area (Å²) in [4.78, 5) is 2.34. The van der Waals surface area contributed by atoms with E-state index < -0.39 is 0 Å². The number of thiophene rings is 1. The van der Waals surface area contributed by atoms with Crippen molar-refractivity contribution in [1.29, 1.82) is 0 Å². The minimum Gasteiger partial charge on any atom is -0.374 e. The second kappa shape index (κ2) is 7.01. The third-order valence-corrected chi connectivity index (χ3v) is 5.01. The summed E-state index contributed by atoms with van der Waals surface area (Å²) in [6, 6.07) is 0.285. The Labute approximate surface area is 122 Å². The lowest BCUT2D eigenvalue weighted by molar-refractivity contribution is -0.0392. The van der Waals surface area contributed by atoms with Gasteiger partial charge in [-0.05, 0) is 46.9 Å². The Morgan fingerprint density at radius 2 is 2.44 bits per heavy atom. The van der Waals surface area contributed by atoms with Crippen LogP contribution in [0.4, 0.5) is 0 Å². The first kappa shape index (κ1) is 14.5. The summed E-state index contributed by atoms with van der Waals surface area (Å²) in [5.41, 5.74) is 1.33. The van der Waals surface area contributed by atoms with Gasteiger partial charge >= 0.3 is 0 Å². The fourth-order valence-corrected chi connectivity index (χ4v) is 3.85. The SMILES string of the molecule is CCCNC(c1cscc1Br)C1CN(C)CCO1. The topological polar surface area (TPSA) is 24.5 Å². The minimum absolute atomic E-state index is 0.237. The van der Waals surface area contributed by atoms with E-state index in [1.54, 1.807) is 11.3 Å². The highest BCUT2D eigenvalue weighted by Gasteiger charge is 2.29. The molecule has 18 heavy (non-hydrogen) atoms. The van der Waals surface area contributed by atoms with Crippen molar-refractivity contribution in [2.45, 2.75) is 25.5 Å². The largest absolute Gasteiger partial charge is 0.374 e. The lowest BCUT2D eigenvalue weighted by Gasteiger charge is -2.35. The Bertz CT molecular complexity index is 372. The van der Waals surface area contributed by atoms with Crippen molar-refractivity contribution in [1.82, 2.24) is 10.2 Å². The molecular formula is C13H21BrN2OS. The van der Waals surface area contributed by atoms with Crippen LogP contribution in [0.5, 0.6) is 0 Å². The maximum Gasteiger partial charge on any atom is 0.0897 e. The summed E-state index contributed by atoms with van der Waals surface area (Å²) in [6.45, 7) is 6.07. The quantitative estimate of drug-likeness (QED) is 0.897. The molecule has 2 rings (SSSR count). The lowest BCUT2D eigenvalue weighted by atomic mass is 10.0. The van der Waals surface area contributed by atoms with Crippen LogP contribution >= 0.6 is 27.3 Å². The normalized spacial score (nSPS) is 23.2. The third kappa shape index (κ3) is 3.54. The van der Waals surface area contributed by atoms with Crippen LogP contribution < -0.4 is 5.32 Å². The Morgan fingerprint density at radius 1 is 1.61 bits per heavy atom. The molecule has 0 amide bonds. The van der Waals surface area contributed by atoms with Crippen LogP contribution in [-0.4, -0.2) is 44.3 Å². The molecule has 1 aliphatic rings. The van der Waals surface area contributed by atoms with Gasteiger partial charge in [-0.15, -0.1) is 0 Å². The molecule has 1 saturated heterocycles. The summed E-state index contributed by atoms with van der Waals surface area (Å²) in [5, 5.41) is 7.99. The number of hydrogen-bond donors (Lipinski definition) is 1. The van der Waals surface area contributed by atoms with Crippen molar-refractivity contribution >= 4 is 27.3 Å². The van der Waals surface area contributed by atoms with Gasteiger partial charge in [0, 0.05) is 22.9 Å². The first-order valence-electron chi connectivity index (χ1n) is 6.47. The summed E-state index contributed by atoms with van der Waals surface area (Å²) in [7, 11) is 2.16. The van der Waals surface area contributed by atoms with Crippen LogP contribution in [0, 0.1) is 0 Å². The monoisotopic (exact) mass is 332 g/mol. The zero-order valence-corrected chi connectivity index (χ0v) is 13.4. The molecule has 0 spiro atoms. The van der Waals surface area contributed by atoms with Crippen LogP contribution in [0.25, 0.3) is 0 Å². The van der Waals surface area contributed by atoms with Gasteiger partial charge in [0.15, 0.2) is 0 Å². The molecule has 0 saturated carbocycles. The molecule has 0 aliphatic carbocycles. The average Bonchev–Trinajstić information content (AvgIpc) is 2.77. The van der Waals surface area contributed by atoms with Gasteiger partial charge in [0.2, 0.25) is 0 Å². The van der Waals surface area contributed by atoms with Crippen molar-refractivity contribution in [2.75, 3.05) is 33.3 Å². The number of nitrogens with one attached hydrogen (secondary N) is 1. The standard InChI is InChI=1S/C13H21BrN2OS/c1-3-4-15-13(10-8-18-9-11(10)14)12-7-16(2)5-6-17-12/h8-9,12-13,15H,3-7H2,1-2H3. The molecule has 2 heterocycles. The molecule has 1 aromatic heterocycles. The van der Waals surface area contributed by atoms with E-state index in [1.807, 2.05) is 0 Å². The number of nitrogens with zero attached hydrogens (tertiary/aromatic N) is 1. The fourth-order valence-electron chi connectivity index (χ4n) is 2.27. The van der Waals surface area contributed by atoms with E-state index in [4.69, 9.17) is 4.74 Å². The highest BCUT2D eigenvalue weighted by molar-refractivity contribution is 9.10. The summed E-state index contributed by atoms with van der Waals surface area (Å²) in [6.07, 6.45) is 1.38. The number of hydrogen-bond acceptors (Lipinski definition) is 4. The molecule has 2 atom stereocenters. The molecule has 1 aliphatic heterocycles. The molecule has 2 unspecified atom stereocenters. The number of likely N-dealkylation sites (N-methyl/N-ethyl adjacent to an activating group) is 1. The van der Waals surface area contributed by atoms with E-state index in [-0.39, 0.29) is 12.1 Å². The molecule has 102 valence electrons. The van der Waals surface area contributed by atoms with Gasteiger partial charge in [-0.25, -0.2) is 0 Å². The fraction of sp³-hybridized carbons (Fsp3) is 0.692. The predicted molar refractivity (Wildman–Crippen MR) is 80.3 cm³/mol. The van der Waals surface area contributed by atoms with Crippen LogP contribution in [-0.2, 0) is 4.74 Å². The van der Waals surface area contributed by atoms with Crippen molar-refractivity contribution in [3.05, 3.63) is 20.8 Å². The zero-order valence-electron chi connectivity index (χ0n) is 11.0. The lowest BCUT2D eigenvalue weighted by Crippen LogP contribution is -2.46. The second-order valence-corrected chi connectivity index (χ2v) is 6.38. The van der Waals surface area contributed by atoms with Crippen molar-refractivity contribution in [3.8, 4) is 0 Å². The van der Waals surface area contributed by atoms with E-state index in [1.165, 1.54) is 10.0 Å². The van der Waals surface area contributed by atoms with Gasteiger partial charge in [-0.2, -0.15) is 11.3 Å². The van der Waals surface area contributed by atoms with Gasteiger partial charge in [-0.1, -0.05) is 6.92 Å². The first-order chi connectivity index (χ1) is 8.72. The van der Waals surface area contributed by atoms with Crippen LogP contribution in [0.15, 0.2) is 15.2 Å². The second-order valence-electron chi connectivity index (χ2n) is 4.78. The number of ether oxygens (including phenoxy) is 1. The van der Waals surface area contributed by atoms with Gasteiger partial charge in [0.25, 0.3) is 0 Å². The summed E-state index contributed by atoms with van der Waals surface area (Å²) >= 11 is 5.38. The third-order valence-electron chi connectivity index (χ3n) is 3.26. The van der Waals surface area contributed by atoms with Crippen molar-refractivity contribution < 1.29 is 4.74 Å². The van der Waals surface area contributed by atoms with Gasteiger partial charge < -0.3 is 15.0 Å². The molecule has 0 aromatic carbocycles. The van der Waals surface area contributed by atoms with E-state index in [2.05, 4.69) is 50.9 Å². The van der Waals surface area contributed by atoms with Gasteiger partial charge in [0.05, 0.1) is 18.8 Å². The van der Waals surface area contributed by atoms with Crippen molar-refractivity contribution in [3.63, 3.8) is 0 Å². The van der Waals surface area contributed by atoms with E-state index in [0.29, 0.717) is 0 Å². The number of halogens is 1. The first-order valence-corrected chi connectivity index (χ1v) is 8.21. The van der Waals surface area contributed by atoms with Crippen LogP contribution in [0.2, 0.25) is 0 Å². The number of morpholine rings is 1. The molecule has 1 aromatic rings. The minimum atomic E-state index is 0.237. The highest BCUT2D eigenvalue weighted by Crippen LogP contribution is 2.31. The molecule has 0 radical (unpaired) electrons. The maximum atomic E-state index is 5.97. The van der Waals surface area contributed by atoms with E-state index in [0.717, 1.165) is 32.7 Å². The molecular weight excluding hydrogens is 312 g/mol. The Hall–Kier alpha value is 0.0600. The van der Waals surface area contributed by atoms with Crippen LogP contribution in [0.3, 0.4) is 0 Å². The molecule has 3 nitrogen and oxygen atoms in total. The zero-order chi connectivity index (χ0) is 13.0. The molecule has 1 fully saturated rings. The van der Waals surface area contributed by atoms with Gasteiger partial charge in [-0.3, -0.25) is 0 Å². The molecule has 1 N–H and O–H groups in total. The van der Waals surface area contributed by atoms with E-state index in [9.17, 15) is 0 Å². The Morgan fingerprint density at radius 3 is 3.06 bits per heavy atom. The Balaban J connectivity index is 2.11. The summed E-state index contributed by atoms with van der Waals surface area (Å²) in [5.74, 6) is 0. The average molecular weight is 333 g/mol. The number of rotatable bonds is 5. The van der Waals surface area contributed by atoms with Crippen LogP contribution in [0.1, 0.15) is 24.9 Å². The smallest absolute Gasteiger partial charge is 0.0897 e.